The van der Waals surface area contributed by atoms with E-state index < -0.39 is 29.6 Å². The van der Waals surface area contributed by atoms with Crippen molar-refractivity contribution in [3.8, 4) is 0 Å². The van der Waals surface area contributed by atoms with Crippen LogP contribution in [0.4, 0.5) is 0 Å². The number of hydrogen-bond donors (Lipinski definition) is 2. The fourth-order valence-corrected chi connectivity index (χ4v) is 3.69. The van der Waals surface area contributed by atoms with Gasteiger partial charge in [0.25, 0.3) is 0 Å². The quantitative estimate of drug-likeness (QED) is 0.283. The minimum absolute atomic E-state index is 0.112. The SMILES string of the molecule is C=CCOCCCCC(=O)N1C[C@H](O)C[C@H]1C(=O)N[C@]1(C(=O)OCC)C[C@H]1C=C. The molecule has 1 aliphatic carbocycles. The Morgan fingerprint density at radius 2 is 2.07 bits per heavy atom. The minimum Gasteiger partial charge on any atom is -0.464 e. The number of ether oxygens (including phenoxy) is 2. The van der Waals surface area contributed by atoms with Gasteiger partial charge in [0.1, 0.15) is 11.6 Å². The van der Waals surface area contributed by atoms with Crippen molar-refractivity contribution >= 4 is 17.8 Å². The summed E-state index contributed by atoms with van der Waals surface area (Å²) in [4.78, 5) is 39.2. The third-order valence-corrected chi connectivity index (χ3v) is 5.35. The first-order valence-electron chi connectivity index (χ1n) is 10.2. The van der Waals surface area contributed by atoms with Crippen LogP contribution in [0.5, 0.6) is 0 Å². The van der Waals surface area contributed by atoms with Crippen LogP contribution in [0, 0.1) is 5.92 Å². The van der Waals surface area contributed by atoms with Crippen molar-refractivity contribution in [2.24, 2.45) is 5.92 Å². The number of unbranched alkanes of at least 4 members (excludes halogenated alkanes) is 1. The van der Waals surface area contributed by atoms with Crippen LogP contribution in [-0.2, 0) is 23.9 Å². The van der Waals surface area contributed by atoms with E-state index in [4.69, 9.17) is 9.47 Å². The molecule has 162 valence electrons. The summed E-state index contributed by atoms with van der Waals surface area (Å²) in [7, 11) is 0. The summed E-state index contributed by atoms with van der Waals surface area (Å²) in [6.07, 6.45) is 4.72. The van der Waals surface area contributed by atoms with E-state index in [2.05, 4.69) is 18.5 Å². The third kappa shape index (κ3) is 5.67. The highest BCUT2D eigenvalue weighted by atomic mass is 16.5. The van der Waals surface area contributed by atoms with E-state index in [9.17, 15) is 19.5 Å². The van der Waals surface area contributed by atoms with Crippen molar-refractivity contribution in [1.29, 1.82) is 0 Å². The second-order valence-electron chi connectivity index (χ2n) is 7.50. The molecular formula is C21H32N2O6. The zero-order valence-corrected chi connectivity index (χ0v) is 17.1. The van der Waals surface area contributed by atoms with E-state index in [-0.39, 0.29) is 37.8 Å². The molecule has 1 saturated carbocycles. The summed E-state index contributed by atoms with van der Waals surface area (Å²) in [5.41, 5.74) is -1.11. The second kappa shape index (κ2) is 10.5. The molecule has 0 spiro atoms. The smallest absolute Gasteiger partial charge is 0.332 e. The van der Waals surface area contributed by atoms with Crippen molar-refractivity contribution in [1.82, 2.24) is 10.2 Å². The molecule has 0 aromatic heterocycles. The Bertz CT molecular complexity index is 637. The zero-order valence-electron chi connectivity index (χ0n) is 17.1. The normalized spacial score (nSPS) is 27.9. The molecule has 29 heavy (non-hydrogen) atoms. The molecule has 2 aliphatic rings. The Morgan fingerprint density at radius 1 is 1.31 bits per heavy atom. The van der Waals surface area contributed by atoms with E-state index in [1.165, 1.54) is 4.90 Å². The van der Waals surface area contributed by atoms with Gasteiger partial charge < -0.3 is 24.8 Å². The molecule has 2 N–H and O–H groups in total. The number of β-amino-alcohol motifs (C(OH)–C–C–N with tert-alkyl or cyclic N) is 1. The van der Waals surface area contributed by atoms with Gasteiger partial charge in [0.05, 0.1) is 19.3 Å². The molecule has 0 unspecified atom stereocenters. The van der Waals surface area contributed by atoms with Gasteiger partial charge in [-0.15, -0.1) is 13.2 Å². The number of hydrogen-bond acceptors (Lipinski definition) is 6. The maximum atomic E-state index is 12.9. The summed E-state index contributed by atoms with van der Waals surface area (Å²) >= 11 is 0. The van der Waals surface area contributed by atoms with E-state index in [1.54, 1.807) is 19.1 Å². The van der Waals surface area contributed by atoms with Gasteiger partial charge in [-0.25, -0.2) is 4.79 Å². The molecule has 8 nitrogen and oxygen atoms in total. The van der Waals surface area contributed by atoms with Crippen LogP contribution in [0.15, 0.2) is 25.3 Å². The van der Waals surface area contributed by atoms with Gasteiger partial charge in [-0.3, -0.25) is 9.59 Å². The highest BCUT2D eigenvalue weighted by Crippen LogP contribution is 2.45. The lowest BCUT2D eigenvalue weighted by molar-refractivity contribution is -0.150. The van der Waals surface area contributed by atoms with Gasteiger partial charge in [-0.2, -0.15) is 0 Å². The molecule has 0 radical (unpaired) electrons. The van der Waals surface area contributed by atoms with Gasteiger partial charge in [0, 0.05) is 31.9 Å². The number of carbonyl (C=O) groups excluding carboxylic acids is 3. The van der Waals surface area contributed by atoms with Crippen molar-refractivity contribution in [3.05, 3.63) is 25.3 Å². The van der Waals surface area contributed by atoms with Gasteiger partial charge in [0.15, 0.2) is 0 Å². The summed E-state index contributed by atoms with van der Waals surface area (Å²) in [5.74, 6) is -1.32. The van der Waals surface area contributed by atoms with Crippen LogP contribution < -0.4 is 5.32 Å². The standard InChI is InChI=1S/C21H32N2O6/c1-4-10-28-11-8-7-9-18(25)23-14-16(24)12-17(23)19(26)22-21(13-15(21)5-2)20(27)29-6-3/h4-5,15-17,24H,1-2,6-14H2,3H3,(H,22,26)/t15-,16-,17+,21-/m1/s1. The number of esters is 1. The predicted octanol–water partition coefficient (Wildman–Crippen LogP) is 0.945. The Hall–Kier alpha value is -2.19. The Morgan fingerprint density at radius 3 is 2.69 bits per heavy atom. The first-order valence-corrected chi connectivity index (χ1v) is 10.2. The Labute approximate surface area is 171 Å². The summed E-state index contributed by atoms with van der Waals surface area (Å²) < 4.78 is 10.4. The number of likely N-dealkylation sites (tertiary alicyclic amines) is 1. The van der Waals surface area contributed by atoms with Crippen molar-refractivity contribution < 1.29 is 29.0 Å². The van der Waals surface area contributed by atoms with Gasteiger partial charge >= 0.3 is 5.97 Å². The molecule has 4 atom stereocenters. The number of carbonyl (C=O) groups is 3. The number of nitrogens with one attached hydrogen (secondary N) is 1. The van der Waals surface area contributed by atoms with Crippen LogP contribution in [-0.4, -0.2) is 71.8 Å². The molecule has 2 amide bonds. The second-order valence-corrected chi connectivity index (χ2v) is 7.50. The van der Waals surface area contributed by atoms with Crippen LogP contribution in [0.25, 0.3) is 0 Å². The molecule has 2 fully saturated rings. The number of nitrogens with zero attached hydrogens (tertiary/aromatic N) is 1. The maximum Gasteiger partial charge on any atom is 0.332 e. The molecule has 1 heterocycles. The summed E-state index contributed by atoms with van der Waals surface area (Å²) in [6.45, 7) is 10.3. The first-order chi connectivity index (χ1) is 13.9. The lowest BCUT2D eigenvalue weighted by atomic mass is 10.1. The Balaban J connectivity index is 1.93. The lowest BCUT2D eigenvalue weighted by Crippen LogP contribution is -2.53. The molecular weight excluding hydrogens is 376 g/mol. The van der Waals surface area contributed by atoms with Crippen molar-refractivity contribution in [2.45, 2.75) is 56.7 Å². The summed E-state index contributed by atoms with van der Waals surface area (Å²) in [5, 5.41) is 12.8. The average Bonchev–Trinajstić information content (AvgIpc) is 3.27. The average molecular weight is 408 g/mol. The zero-order chi connectivity index (χ0) is 21.4. The highest BCUT2D eigenvalue weighted by Gasteiger charge is 2.61. The molecule has 1 aliphatic heterocycles. The van der Waals surface area contributed by atoms with Crippen LogP contribution in [0.1, 0.15) is 39.0 Å². The fourth-order valence-electron chi connectivity index (χ4n) is 3.69. The number of amides is 2. The van der Waals surface area contributed by atoms with E-state index in [1.807, 2.05) is 0 Å². The third-order valence-electron chi connectivity index (χ3n) is 5.35. The number of rotatable bonds is 12. The monoisotopic (exact) mass is 408 g/mol. The molecule has 1 saturated heterocycles. The van der Waals surface area contributed by atoms with Crippen LogP contribution in [0.3, 0.4) is 0 Å². The van der Waals surface area contributed by atoms with E-state index >= 15 is 0 Å². The van der Waals surface area contributed by atoms with E-state index in [0.29, 0.717) is 26.1 Å². The molecule has 2 rings (SSSR count). The van der Waals surface area contributed by atoms with E-state index in [0.717, 1.165) is 6.42 Å². The lowest BCUT2D eigenvalue weighted by Gasteiger charge is -2.26. The predicted molar refractivity (Wildman–Crippen MR) is 107 cm³/mol. The van der Waals surface area contributed by atoms with Gasteiger partial charge in [-0.05, 0) is 26.2 Å². The van der Waals surface area contributed by atoms with Crippen molar-refractivity contribution in [3.63, 3.8) is 0 Å². The van der Waals surface area contributed by atoms with Crippen LogP contribution >= 0.6 is 0 Å². The topological polar surface area (TPSA) is 105 Å². The molecule has 0 aromatic carbocycles. The first kappa shape index (κ1) is 23.1. The Kier molecular flexibility index (Phi) is 8.40. The van der Waals surface area contributed by atoms with Crippen LogP contribution in [0.2, 0.25) is 0 Å². The molecule has 0 bridgehead atoms. The van der Waals surface area contributed by atoms with Crippen molar-refractivity contribution in [2.75, 3.05) is 26.4 Å². The molecule has 8 heteroatoms. The number of aliphatic hydroxyl groups excluding tert-OH is 1. The summed E-state index contributed by atoms with van der Waals surface area (Å²) in [6, 6.07) is -0.799. The molecule has 0 aromatic rings. The fraction of sp³-hybridized carbons (Fsp3) is 0.667. The maximum absolute atomic E-state index is 12.9. The number of aliphatic hydroxyl groups is 1. The van der Waals surface area contributed by atoms with Gasteiger partial charge in [-0.1, -0.05) is 12.2 Å². The van der Waals surface area contributed by atoms with Gasteiger partial charge in [0.2, 0.25) is 11.8 Å². The highest BCUT2D eigenvalue weighted by molar-refractivity contribution is 5.95. The minimum atomic E-state index is -1.11. The largest absolute Gasteiger partial charge is 0.464 e.